The molecular formula is C20H22N2O2S. The third kappa shape index (κ3) is 3.38. The zero-order chi connectivity index (χ0) is 17.4. The number of para-hydroxylation sites is 1. The summed E-state index contributed by atoms with van der Waals surface area (Å²) in [6, 6.07) is 7.97. The number of rotatable bonds is 1. The summed E-state index contributed by atoms with van der Waals surface area (Å²) in [6.07, 6.45) is 6.30. The van der Waals surface area contributed by atoms with Crippen molar-refractivity contribution in [1.82, 2.24) is 4.90 Å². The highest BCUT2D eigenvalue weighted by molar-refractivity contribution is 8.18. The summed E-state index contributed by atoms with van der Waals surface area (Å²) in [6.45, 7) is 6.27. The van der Waals surface area contributed by atoms with Crippen molar-refractivity contribution in [3.63, 3.8) is 0 Å². The van der Waals surface area contributed by atoms with E-state index >= 15 is 0 Å². The molecular weight excluding hydrogens is 332 g/mol. The van der Waals surface area contributed by atoms with Gasteiger partial charge in [-0.3, -0.25) is 4.79 Å². The second kappa shape index (κ2) is 6.71. The molecule has 0 saturated carbocycles. The van der Waals surface area contributed by atoms with Crippen LogP contribution in [-0.4, -0.2) is 35.2 Å². The lowest BCUT2D eigenvalue weighted by atomic mass is 10.00. The first-order valence-electron chi connectivity index (χ1n) is 8.85. The van der Waals surface area contributed by atoms with Gasteiger partial charge in [-0.15, -0.1) is 0 Å². The fraction of sp³-hybridized carbons (Fsp3) is 0.400. The highest BCUT2D eigenvalue weighted by Gasteiger charge is 2.29. The second-order valence-corrected chi connectivity index (χ2v) is 7.93. The highest BCUT2D eigenvalue weighted by atomic mass is 32.2. The van der Waals surface area contributed by atoms with Crippen LogP contribution in [0.3, 0.4) is 0 Å². The highest BCUT2D eigenvalue weighted by Crippen LogP contribution is 2.35. The first-order valence-corrected chi connectivity index (χ1v) is 9.66. The van der Waals surface area contributed by atoms with Crippen LogP contribution in [-0.2, 0) is 4.79 Å². The molecule has 0 aliphatic carbocycles. The van der Waals surface area contributed by atoms with Gasteiger partial charge in [0.2, 0.25) is 0 Å². The third-order valence-corrected chi connectivity index (χ3v) is 6.02. The summed E-state index contributed by atoms with van der Waals surface area (Å²) >= 11 is 1.49. The average Bonchev–Trinajstić information content (AvgIpc) is 2.97. The molecule has 0 aromatic heterocycles. The molecule has 0 bridgehead atoms. The van der Waals surface area contributed by atoms with Gasteiger partial charge in [0.15, 0.2) is 5.17 Å². The van der Waals surface area contributed by atoms with Crippen LogP contribution in [0.25, 0.3) is 6.08 Å². The molecule has 0 radical (unpaired) electrons. The van der Waals surface area contributed by atoms with Gasteiger partial charge in [-0.2, -0.15) is 4.99 Å². The normalized spacial score (nSPS) is 25.5. The Kier molecular flexibility index (Phi) is 4.42. The van der Waals surface area contributed by atoms with Crippen molar-refractivity contribution in [2.75, 3.05) is 13.1 Å². The zero-order valence-corrected chi connectivity index (χ0v) is 15.4. The van der Waals surface area contributed by atoms with Crippen LogP contribution in [0.15, 0.2) is 45.8 Å². The molecule has 4 rings (SSSR count). The van der Waals surface area contributed by atoms with E-state index in [-0.39, 0.29) is 12.0 Å². The van der Waals surface area contributed by atoms with E-state index in [1.165, 1.54) is 24.6 Å². The molecule has 0 spiro atoms. The van der Waals surface area contributed by atoms with Crippen LogP contribution in [0.1, 0.15) is 32.3 Å². The molecule has 1 aromatic carbocycles. The van der Waals surface area contributed by atoms with Gasteiger partial charge in [-0.05, 0) is 61.2 Å². The molecule has 1 amide bonds. The summed E-state index contributed by atoms with van der Waals surface area (Å²) in [7, 11) is 0. The number of hydrogen-bond acceptors (Lipinski definition) is 4. The Hall–Kier alpha value is -2.01. The summed E-state index contributed by atoms with van der Waals surface area (Å²) in [4.78, 5) is 19.6. The number of thioether (sulfide) groups is 1. The standard InChI is InChI=1S/C20H22N2O2S/c1-13-7-9-22(10-8-13)20-21-19(23)18(25-20)12-16-11-15-5-3-4-6-17(15)24-14(16)2/h3-6,11-14H,7-10H2,1-2H3. The molecule has 1 aromatic rings. The molecule has 130 valence electrons. The number of amides is 1. The Balaban J connectivity index is 1.53. The molecule has 0 N–H and O–H groups in total. The third-order valence-electron chi connectivity index (χ3n) is 4.98. The number of carbonyl (C=O) groups excluding carboxylic acids is 1. The van der Waals surface area contributed by atoms with Gasteiger partial charge in [-0.25, -0.2) is 0 Å². The number of likely N-dealkylation sites (tertiary alicyclic amines) is 1. The number of carbonyl (C=O) groups is 1. The minimum Gasteiger partial charge on any atom is -0.485 e. The minimum absolute atomic E-state index is 0.0734. The van der Waals surface area contributed by atoms with Gasteiger partial charge < -0.3 is 9.64 Å². The zero-order valence-electron chi connectivity index (χ0n) is 14.6. The molecule has 1 unspecified atom stereocenters. The first kappa shape index (κ1) is 16.5. The Morgan fingerprint density at radius 3 is 2.80 bits per heavy atom. The van der Waals surface area contributed by atoms with Gasteiger partial charge in [0.1, 0.15) is 11.9 Å². The van der Waals surface area contributed by atoms with Gasteiger partial charge >= 0.3 is 0 Å². The summed E-state index contributed by atoms with van der Waals surface area (Å²) in [5, 5.41) is 0.855. The fourth-order valence-corrected chi connectivity index (χ4v) is 4.27. The van der Waals surface area contributed by atoms with Crippen molar-refractivity contribution in [3.05, 3.63) is 46.4 Å². The summed E-state index contributed by atoms with van der Waals surface area (Å²) in [5.74, 6) is 1.52. The quantitative estimate of drug-likeness (QED) is 0.712. The van der Waals surface area contributed by atoms with E-state index < -0.39 is 0 Å². The first-order chi connectivity index (χ1) is 12.1. The van der Waals surface area contributed by atoms with Crippen molar-refractivity contribution in [3.8, 4) is 5.75 Å². The van der Waals surface area contributed by atoms with Crippen LogP contribution in [0.2, 0.25) is 0 Å². The van der Waals surface area contributed by atoms with Crippen molar-refractivity contribution in [1.29, 1.82) is 0 Å². The lowest BCUT2D eigenvalue weighted by Crippen LogP contribution is -2.35. The van der Waals surface area contributed by atoms with Crippen LogP contribution < -0.4 is 4.74 Å². The largest absolute Gasteiger partial charge is 0.485 e. The van der Waals surface area contributed by atoms with E-state index in [0.29, 0.717) is 4.91 Å². The lowest BCUT2D eigenvalue weighted by molar-refractivity contribution is -0.113. The van der Waals surface area contributed by atoms with Crippen LogP contribution in [0.5, 0.6) is 5.75 Å². The van der Waals surface area contributed by atoms with Crippen LogP contribution >= 0.6 is 11.8 Å². The number of hydrogen-bond donors (Lipinski definition) is 0. The van der Waals surface area contributed by atoms with E-state index in [1.54, 1.807) is 0 Å². The number of benzene rings is 1. The maximum absolute atomic E-state index is 12.3. The summed E-state index contributed by atoms with van der Waals surface area (Å²) in [5.41, 5.74) is 2.06. The average molecular weight is 354 g/mol. The Morgan fingerprint density at radius 1 is 1.24 bits per heavy atom. The van der Waals surface area contributed by atoms with Gasteiger partial charge in [-0.1, -0.05) is 25.1 Å². The predicted octanol–water partition coefficient (Wildman–Crippen LogP) is 4.10. The molecule has 3 heterocycles. The monoisotopic (exact) mass is 354 g/mol. The van der Waals surface area contributed by atoms with E-state index in [2.05, 4.69) is 22.9 Å². The lowest BCUT2D eigenvalue weighted by Gasteiger charge is -2.30. The molecule has 1 fully saturated rings. The van der Waals surface area contributed by atoms with E-state index in [0.717, 1.165) is 41.1 Å². The number of piperidine rings is 1. The van der Waals surface area contributed by atoms with E-state index in [9.17, 15) is 4.79 Å². The Bertz CT molecular complexity index is 789. The molecule has 25 heavy (non-hydrogen) atoms. The minimum atomic E-state index is -0.134. The molecule has 1 saturated heterocycles. The Labute approximate surface area is 152 Å². The molecule has 1 atom stereocenters. The number of aliphatic imine (C=N–C) groups is 1. The molecule has 3 aliphatic heterocycles. The maximum atomic E-state index is 12.3. The SMILES string of the molecule is CC1CCN(C2=NC(=O)C(=CC3=Cc4ccccc4OC3C)S2)CC1. The number of fused-ring (bicyclic) bond motifs is 1. The van der Waals surface area contributed by atoms with Crippen LogP contribution in [0, 0.1) is 5.92 Å². The molecule has 5 heteroatoms. The van der Waals surface area contributed by atoms with Crippen molar-refractivity contribution >= 4 is 28.9 Å². The number of nitrogens with zero attached hydrogens (tertiary/aromatic N) is 2. The van der Waals surface area contributed by atoms with Crippen molar-refractivity contribution in [2.24, 2.45) is 10.9 Å². The van der Waals surface area contributed by atoms with Gasteiger partial charge in [0.05, 0.1) is 4.91 Å². The Morgan fingerprint density at radius 2 is 2.00 bits per heavy atom. The van der Waals surface area contributed by atoms with Gasteiger partial charge in [0, 0.05) is 18.7 Å². The van der Waals surface area contributed by atoms with Crippen molar-refractivity contribution < 1.29 is 9.53 Å². The van der Waals surface area contributed by atoms with Crippen LogP contribution in [0.4, 0.5) is 0 Å². The second-order valence-electron chi connectivity index (χ2n) is 6.92. The van der Waals surface area contributed by atoms with Gasteiger partial charge in [0.25, 0.3) is 5.91 Å². The van der Waals surface area contributed by atoms with E-state index in [1.807, 2.05) is 37.3 Å². The molecule has 3 aliphatic rings. The smallest absolute Gasteiger partial charge is 0.286 e. The maximum Gasteiger partial charge on any atom is 0.286 e. The molecule has 4 nitrogen and oxygen atoms in total. The summed E-state index contributed by atoms with van der Waals surface area (Å²) < 4.78 is 5.96. The van der Waals surface area contributed by atoms with E-state index in [4.69, 9.17) is 4.74 Å². The predicted molar refractivity (Wildman–Crippen MR) is 103 cm³/mol. The number of ether oxygens (including phenoxy) is 1. The fourth-order valence-electron chi connectivity index (χ4n) is 3.31. The van der Waals surface area contributed by atoms with Crippen molar-refractivity contribution in [2.45, 2.75) is 32.8 Å². The number of amidine groups is 1. The topological polar surface area (TPSA) is 41.9 Å².